The van der Waals surface area contributed by atoms with Crippen LogP contribution < -0.4 is 11.0 Å². The molecule has 0 aliphatic rings. The van der Waals surface area contributed by atoms with Crippen LogP contribution in [-0.2, 0) is 11.3 Å². The lowest BCUT2D eigenvalue weighted by Gasteiger charge is -2.23. The first-order valence-corrected chi connectivity index (χ1v) is 8.59. The van der Waals surface area contributed by atoms with E-state index in [4.69, 9.17) is 11.6 Å². The maximum Gasteiger partial charge on any atom is 0.323 e. The molecule has 126 valence electrons. The molecule has 0 saturated heterocycles. The smallest absolute Gasteiger partial charge is 0.323 e. The molecule has 0 fully saturated rings. The van der Waals surface area contributed by atoms with Crippen LogP contribution in [0, 0.1) is 0 Å². The number of imidazole rings is 1. The Labute approximate surface area is 147 Å². The molecule has 0 radical (unpaired) electrons. The van der Waals surface area contributed by atoms with Crippen LogP contribution in [0.4, 0.5) is 5.69 Å². The second-order valence-corrected chi connectivity index (χ2v) is 7.43. The molecular formula is C16H17ClN4O2S. The number of nitrogens with one attached hydrogen (secondary N) is 3. The van der Waals surface area contributed by atoms with Gasteiger partial charge in [-0.25, -0.2) is 4.79 Å². The Balaban J connectivity index is 1.66. The van der Waals surface area contributed by atoms with Gasteiger partial charge in [0.1, 0.15) is 0 Å². The molecule has 0 bridgehead atoms. The van der Waals surface area contributed by atoms with Gasteiger partial charge in [0.15, 0.2) is 0 Å². The Bertz CT molecular complexity index is 929. The number of hydrogen-bond acceptors (Lipinski definition) is 4. The Kier molecular flexibility index (Phi) is 4.75. The number of aromatic amines is 2. The number of anilines is 1. The zero-order valence-electron chi connectivity index (χ0n) is 13.2. The van der Waals surface area contributed by atoms with Crippen molar-refractivity contribution >= 4 is 45.6 Å². The number of H-pyrrole nitrogens is 2. The van der Waals surface area contributed by atoms with Crippen molar-refractivity contribution in [1.29, 1.82) is 0 Å². The maximum absolute atomic E-state index is 12.4. The molecule has 0 saturated carbocycles. The molecule has 6 nitrogen and oxygen atoms in total. The van der Waals surface area contributed by atoms with Crippen molar-refractivity contribution in [3.8, 4) is 0 Å². The van der Waals surface area contributed by atoms with Crippen LogP contribution in [0.5, 0.6) is 0 Å². The zero-order chi connectivity index (χ0) is 17.3. The first-order valence-electron chi connectivity index (χ1n) is 7.40. The summed E-state index contributed by atoms with van der Waals surface area (Å²) in [6.45, 7) is 2.50. The lowest BCUT2D eigenvalue weighted by molar-refractivity contribution is -0.120. The van der Waals surface area contributed by atoms with Crippen molar-refractivity contribution < 1.29 is 4.79 Å². The van der Waals surface area contributed by atoms with E-state index in [0.717, 1.165) is 9.21 Å². The minimum absolute atomic E-state index is 0.114. The quantitative estimate of drug-likeness (QED) is 0.651. The van der Waals surface area contributed by atoms with Crippen molar-refractivity contribution in [2.24, 2.45) is 0 Å². The lowest BCUT2D eigenvalue weighted by Crippen LogP contribution is -2.39. The van der Waals surface area contributed by atoms with E-state index >= 15 is 0 Å². The van der Waals surface area contributed by atoms with E-state index in [0.29, 0.717) is 23.3 Å². The molecule has 1 atom stereocenters. The topological polar surface area (TPSA) is 81.0 Å². The number of thiophene rings is 1. The second-order valence-electron chi connectivity index (χ2n) is 5.63. The molecule has 1 amide bonds. The van der Waals surface area contributed by atoms with E-state index in [1.54, 1.807) is 18.2 Å². The van der Waals surface area contributed by atoms with Crippen molar-refractivity contribution in [3.63, 3.8) is 0 Å². The molecule has 0 aliphatic heterocycles. The van der Waals surface area contributed by atoms with Gasteiger partial charge in [0.2, 0.25) is 5.91 Å². The molecule has 0 unspecified atom stereocenters. The molecule has 0 spiro atoms. The third-order valence-corrected chi connectivity index (χ3v) is 5.07. The summed E-state index contributed by atoms with van der Waals surface area (Å²) in [4.78, 5) is 32.1. The molecule has 0 aliphatic carbocycles. The highest BCUT2D eigenvalue weighted by Crippen LogP contribution is 2.23. The largest absolute Gasteiger partial charge is 0.325 e. The molecule has 3 aromatic rings. The van der Waals surface area contributed by atoms with E-state index in [2.05, 4.69) is 15.3 Å². The Morgan fingerprint density at radius 1 is 1.29 bits per heavy atom. The van der Waals surface area contributed by atoms with Crippen LogP contribution in [0.25, 0.3) is 11.0 Å². The average Bonchev–Trinajstić information content (AvgIpc) is 3.10. The average molecular weight is 365 g/mol. The molecular weight excluding hydrogens is 348 g/mol. The Morgan fingerprint density at radius 2 is 2.04 bits per heavy atom. The molecule has 2 aromatic heterocycles. The predicted molar refractivity (Wildman–Crippen MR) is 97.8 cm³/mol. The summed E-state index contributed by atoms with van der Waals surface area (Å²) in [7, 11) is 1.89. The summed E-state index contributed by atoms with van der Waals surface area (Å²) in [5.74, 6) is -0.114. The summed E-state index contributed by atoms with van der Waals surface area (Å²) in [6.07, 6.45) is 0. The highest BCUT2D eigenvalue weighted by atomic mass is 35.5. The van der Waals surface area contributed by atoms with E-state index in [1.807, 2.05) is 31.0 Å². The van der Waals surface area contributed by atoms with Crippen LogP contribution >= 0.6 is 22.9 Å². The van der Waals surface area contributed by atoms with E-state index < -0.39 is 0 Å². The number of carbonyl (C=O) groups is 1. The van der Waals surface area contributed by atoms with Crippen LogP contribution in [0.1, 0.15) is 11.8 Å². The number of likely N-dealkylation sites (N-methyl/N-ethyl adjacent to an activating group) is 1. The fourth-order valence-corrected chi connectivity index (χ4v) is 3.53. The van der Waals surface area contributed by atoms with E-state index in [-0.39, 0.29) is 17.6 Å². The number of amides is 1. The van der Waals surface area contributed by atoms with Crippen LogP contribution in [0.15, 0.2) is 35.1 Å². The van der Waals surface area contributed by atoms with Gasteiger partial charge >= 0.3 is 5.69 Å². The number of hydrogen-bond donors (Lipinski definition) is 3. The lowest BCUT2D eigenvalue weighted by atomic mass is 10.2. The first kappa shape index (κ1) is 16.8. The van der Waals surface area contributed by atoms with Gasteiger partial charge in [0, 0.05) is 17.1 Å². The van der Waals surface area contributed by atoms with Gasteiger partial charge in [0.25, 0.3) is 0 Å². The van der Waals surface area contributed by atoms with Crippen molar-refractivity contribution in [3.05, 3.63) is 50.0 Å². The molecule has 8 heteroatoms. The van der Waals surface area contributed by atoms with Crippen LogP contribution in [0.3, 0.4) is 0 Å². The zero-order valence-corrected chi connectivity index (χ0v) is 14.8. The number of fused-ring (bicyclic) bond motifs is 1. The molecule has 2 heterocycles. The molecule has 1 aromatic carbocycles. The number of aromatic nitrogens is 2. The van der Waals surface area contributed by atoms with Gasteiger partial charge in [-0.3, -0.25) is 9.69 Å². The summed E-state index contributed by atoms with van der Waals surface area (Å²) >= 11 is 7.44. The Morgan fingerprint density at radius 3 is 2.75 bits per heavy atom. The monoisotopic (exact) mass is 364 g/mol. The standard InChI is InChI=1S/C16H17ClN4O2S/c1-9(21(2)8-11-4-6-14(17)24-11)15(22)18-10-3-5-12-13(7-10)20-16(23)19-12/h3-7,9H,8H2,1-2H3,(H,18,22)(H2,19,20,23)/t9-/m0/s1. The van der Waals surface area contributed by atoms with Gasteiger partial charge in [-0.2, -0.15) is 0 Å². The number of benzene rings is 1. The molecule has 24 heavy (non-hydrogen) atoms. The summed E-state index contributed by atoms with van der Waals surface area (Å²) in [6, 6.07) is 8.75. The number of rotatable bonds is 5. The van der Waals surface area contributed by atoms with Gasteiger partial charge < -0.3 is 15.3 Å². The van der Waals surface area contributed by atoms with E-state index in [1.165, 1.54) is 11.3 Å². The highest BCUT2D eigenvalue weighted by Gasteiger charge is 2.19. The van der Waals surface area contributed by atoms with Crippen LogP contribution in [0.2, 0.25) is 4.34 Å². The van der Waals surface area contributed by atoms with Gasteiger partial charge in [0.05, 0.1) is 21.4 Å². The summed E-state index contributed by atoms with van der Waals surface area (Å²) < 4.78 is 0.740. The molecule has 3 rings (SSSR count). The number of carbonyl (C=O) groups excluding carboxylic acids is 1. The highest BCUT2D eigenvalue weighted by molar-refractivity contribution is 7.16. The summed E-state index contributed by atoms with van der Waals surface area (Å²) in [5, 5.41) is 2.88. The van der Waals surface area contributed by atoms with Crippen LogP contribution in [-0.4, -0.2) is 33.9 Å². The van der Waals surface area contributed by atoms with Gasteiger partial charge in [-0.1, -0.05) is 11.6 Å². The number of halogens is 1. The third kappa shape index (κ3) is 3.69. The van der Waals surface area contributed by atoms with Gasteiger partial charge in [-0.15, -0.1) is 11.3 Å². The fraction of sp³-hybridized carbons (Fsp3) is 0.250. The first-order chi connectivity index (χ1) is 11.4. The molecule has 3 N–H and O–H groups in total. The minimum Gasteiger partial charge on any atom is -0.325 e. The minimum atomic E-state index is -0.313. The van der Waals surface area contributed by atoms with Gasteiger partial charge in [-0.05, 0) is 44.3 Å². The van der Waals surface area contributed by atoms with E-state index in [9.17, 15) is 9.59 Å². The fourth-order valence-electron chi connectivity index (χ4n) is 2.38. The number of nitrogens with zero attached hydrogens (tertiary/aromatic N) is 1. The SMILES string of the molecule is C[C@@H](C(=O)Nc1ccc2[nH]c(=O)[nH]c2c1)N(C)Cc1ccc(Cl)s1. The summed E-state index contributed by atoms with van der Waals surface area (Å²) in [5.41, 5.74) is 1.74. The van der Waals surface area contributed by atoms with Crippen molar-refractivity contribution in [1.82, 2.24) is 14.9 Å². The van der Waals surface area contributed by atoms with Crippen molar-refractivity contribution in [2.75, 3.05) is 12.4 Å². The van der Waals surface area contributed by atoms with Crippen molar-refractivity contribution in [2.45, 2.75) is 19.5 Å². The third-order valence-electron chi connectivity index (χ3n) is 3.86. The predicted octanol–water partition coefficient (Wildman–Crippen LogP) is 3.03. The Hall–Kier alpha value is -2.09. The second kappa shape index (κ2) is 6.80. The normalized spacial score (nSPS) is 12.7. The maximum atomic E-state index is 12.4.